The highest BCUT2D eigenvalue weighted by Crippen LogP contribution is 2.54. The third-order valence-corrected chi connectivity index (χ3v) is 7.59. The first kappa shape index (κ1) is 26.3. The largest absolute Gasteiger partial charge is 0.383 e. The van der Waals surface area contributed by atoms with Crippen molar-refractivity contribution in [1.82, 2.24) is 24.5 Å². The van der Waals surface area contributed by atoms with Crippen molar-refractivity contribution < 1.29 is 22.8 Å². The summed E-state index contributed by atoms with van der Waals surface area (Å²) in [4.78, 5) is 26.3. The molecule has 1 aliphatic heterocycles. The Labute approximate surface area is 222 Å². The molecule has 0 bridgehead atoms. The van der Waals surface area contributed by atoms with Gasteiger partial charge in [-0.25, -0.2) is 17.9 Å². The number of rotatable bonds is 6. The number of amides is 2. The molecule has 0 atom stereocenters. The van der Waals surface area contributed by atoms with Crippen LogP contribution in [0.1, 0.15) is 60.6 Å². The van der Waals surface area contributed by atoms with E-state index in [0.29, 0.717) is 31.1 Å². The van der Waals surface area contributed by atoms with Gasteiger partial charge in [-0.1, -0.05) is 12.0 Å². The second-order valence-corrected chi connectivity index (χ2v) is 10.5. The molecule has 2 aliphatic rings. The van der Waals surface area contributed by atoms with Crippen molar-refractivity contribution in [2.75, 3.05) is 18.8 Å². The first-order valence-corrected chi connectivity index (χ1v) is 12.5. The van der Waals surface area contributed by atoms with Crippen LogP contribution < -0.4 is 11.5 Å². The van der Waals surface area contributed by atoms with Crippen molar-refractivity contribution >= 4 is 17.6 Å². The molecule has 204 valence electrons. The van der Waals surface area contributed by atoms with Crippen LogP contribution in [0.2, 0.25) is 0 Å². The van der Waals surface area contributed by atoms with Crippen molar-refractivity contribution in [2.24, 2.45) is 11.1 Å². The van der Waals surface area contributed by atoms with Gasteiger partial charge in [-0.15, -0.1) is 0 Å². The van der Waals surface area contributed by atoms with E-state index in [9.17, 15) is 22.8 Å². The van der Waals surface area contributed by atoms with Gasteiger partial charge in [-0.3, -0.25) is 14.3 Å². The van der Waals surface area contributed by atoms with E-state index in [2.05, 4.69) is 22.0 Å². The molecule has 2 aromatic heterocycles. The molecular weight excluding hydrogens is 511 g/mol. The molecule has 1 aliphatic carbocycles. The summed E-state index contributed by atoms with van der Waals surface area (Å²) in [6.45, 7) is 3.63. The number of hydrogen-bond donors (Lipinski definition) is 2. The number of anilines is 1. The van der Waals surface area contributed by atoms with Gasteiger partial charge >= 0.3 is 0 Å². The van der Waals surface area contributed by atoms with Gasteiger partial charge in [0, 0.05) is 31.8 Å². The van der Waals surface area contributed by atoms with Crippen LogP contribution in [0.4, 0.5) is 19.0 Å². The van der Waals surface area contributed by atoms with E-state index in [4.69, 9.17) is 11.5 Å². The maximum Gasteiger partial charge on any atom is 0.298 e. The van der Waals surface area contributed by atoms with E-state index in [1.807, 2.05) is 0 Å². The van der Waals surface area contributed by atoms with Gasteiger partial charge in [0.1, 0.15) is 22.9 Å². The predicted molar refractivity (Wildman–Crippen MR) is 137 cm³/mol. The van der Waals surface area contributed by atoms with Crippen LogP contribution in [0.15, 0.2) is 30.6 Å². The Morgan fingerprint density at radius 3 is 2.69 bits per heavy atom. The number of primary amides is 1. The maximum atomic E-state index is 13.9. The SMILES string of the molecule is CC#CC(=O)N1CCC2(CC(n3nc(-c4cnn(Cc5ccc(F)c(C(C)(F)F)c5)c4)c(C(N)=O)c3N)C2)C1. The lowest BCUT2D eigenvalue weighted by Crippen LogP contribution is -2.42. The molecule has 1 saturated carbocycles. The number of benzene rings is 1. The molecule has 1 spiro atoms. The highest BCUT2D eigenvalue weighted by atomic mass is 19.3. The number of carbonyl (C=O) groups is 2. The molecule has 2 fully saturated rings. The molecule has 1 aromatic carbocycles. The summed E-state index contributed by atoms with van der Waals surface area (Å²) in [5, 5.41) is 8.89. The normalized spacial score (nSPS) is 20.5. The van der Waals surface area contributed by atoms with Gasteiger partial charge in [-0.05, 0) is 55.2 Å². The Kier molecular flexibility index (Phi) is 6.40. The smallest absolute Gasteiger partial charge is 0.298 e. The van der Waals surface area contributed by atoms with Crippen LogP contribution in [0.5, 0.6) is 0 Å². The summed E-state index contributed by atoms with van der Waals surface area (Å²) in [7, 11) is 0. The van der Waals surface area contributed by atoms with Crippen LogP contribution in [0.25, 0.3) is 11.3 Å². The van der Waals surface area contributed by atoms with E-state index >= 15 is 0 Å². The maximum absolute atomic E-state index is 13.9. The first-order chi connectivity index (χ1) is 18.4. The molecular formula is C27H28F3N7O2. The van der Waals surface area contributed by atoms with E-state index in [1.54, 1.807) is 22.7 Å². The summed E-state index contributed by atoms with van der Waals surface area (Å²) in [6.07, 6.45) is 5.43. The summed E-state index contributed by atoms with van der Waals surface area (Å²) in [5.74, 6) is 0.163. The third kappa shape index (κ3) is 4.84. The minimum absolute atomic E-state index is 0.0324. The second-order valence-electron chi connectivity index (χ2n) is 10.5. The molecule has 0 radical (unpaired) electrons. The van der Waals surface area contributed by atoms with Crippen LogP contribution >= 0.6 is 0 Å². The Hall–Kier alpha value is -4.27. The van der Waals surface area contributed by atoms with E-state index in [-0.39, 0.29) is 41.0 Å². The summed E-state index contributed by atoms with van der Waals surface area (Å²) in [6, 6.07) is 3.46. The monoisotopic (exact) mass is 539 g/mol. The number of aromatic nitrogens is 4. The zero-order valence-electron chi connectivity index (χ0n) is 21.5. The van der Waals surface area contributed by atoms with Crippen molar-refractivity contribution in [3.63, 3.8) is 0 Å². The van der Waals surface area contributed by atoms with Gasteiger partial charge in [-0.2, -0.15) is 10.2 Å². The molecule has 4 N–H and O–H groups in total. The average Bonchev–Trinajstić information content (AvgIpc) is 3.56. The number of halogens is 3. The molecule has 3 aromatic rings. The average molecular weight is 540 g/mol. The lowest BCUT2D eigenvalue weighted by molar-refractivity contribution is -0.125. The van der Waals surface area contributed by atoms with Crippen LogP contribution in [0, 0.1) is 23.1 Å². The predicted octanol–water partition coefficient (Wildman–Crippen LogP) is 3.30. The summed E-state index contributed by atoms with van der Waals surface area (Å²) < 4.78 is 44.5. The number of nitrogens with zero attached hydrogens (tertiary/aromatic N) is 5. The van der Waals surface area contributed by atoms with E-state index in [1.165, 1.54) is 16.9 Å². The molecule has 5 rings (SSSR count). The summed E-state index contributed by atoms with van der Waals surface area (Å²) in [5.41, 5.74) is 12.5. The molecule has 2 amide bonds. The highest BCUT2D eigenvalue weighted by molar-refractivity contribution is 6.03. The summed E-state index contributed by atoms with van der Waals surface area (Å²) >= 11 is 0. The molecule has 1 saturated heterocycles. The number of carbonyl (C=O) groups excluding carboxylic acids is 2. The number of nitrogen functional groups attached to an aromatic ring is 1. The molecule has 3 heterocycles. The van der Waals surface area contributed by atoms with Crippen molar-refractivity contribution in [1.29, 1.82) is 0 Å². The lowest BCUT2D eigenvalue weighted by atomic mass is 9.65. The van der Waals surface area contributed by atoms with Crippen LogP contribution in [-0.4, -0.2) is 49.4 Å². The highest BCUT2D eigenvalue weighted by Gasteiger charge is 2.51. The lowest BCUT2D eigenvalue weighted by Gasteiger charge is -2.45. The Morgan fingerprint density at radius 1 is 1.28 bits per heavy atom. The number of hydrogen-bond acceptors (Lipinski definition) is 5. The minimum atomic E-state index is -3.33. The van der Waals surface area contributed by atoms with Gasteiger partial charge in [0.2, 0.25) is 0 Å². The second kappa shape index (κ2) is 9.48. The van der Waals surface area contributed by atoms with Gasteiger partial charge in [0.15, 0.2) is 0 Å². The van der Waals surface area contributed by atoms with Crippen LogP contribution in [0.3, 0.4) is 0 Å². The number of likely N-dealkylation sites (tertiary alicyclic amines) is 1. The Bertz CT molecular complexity index is 1520. The van der Waals surface area contributed by atoms with E-state index < -0.39 is 23.2 Å². The fourth-order valence-electron chi connectivity index (χ4n) is 5.68. The minimum Gasteiger partial charge on any atom is -0.383 e. The van der Waals surface area contributed by atoms with Gasteiger partial charge in [0.05, 0.1) is 24.3 Å². The van der Waals surface area contributed by atoms with Gasteiger partial charge in [0.25, 0.3) is 17.7 Å². The van der Waals surface area contributed by atoms with Crippen LogP contribution in [-0.2, 0) is 17.3 Å². The van der Waals surface area contributed by atoms with E-state index in [0.717, 1.165) is 31.4 Å². The Balaban J connectivity index is 1.36. The fourth-order valence-corrected chi connectivity index (χ4v) is 5.68. The molecule has 0 unspecified atom stereocenters. The Morgan fingerprint density at radius 2 is 2.03 bits per heavy atom. The fraction of sp³-hybridized carbons (Fsp3) is 0.407. The quantitative estimate of drug-likeness (QED) is 0.465. The zero-order chi connectivity index (χ0) is 28.1. The van der Waals surface area contributed by atoms with Crippen molar-refractivity contribution in [3.8, 4) is 23.1 Å². The van der Waals surface area contributed by atoms with Crippen molar-refractivity contribution in [2.45, 2.75) is 51.6 Å². The molecule has 12 heteroatoms. The zero-order valence-corrected chi connectivity index (χ0v) is 21.5. The first-order valence-electron chi connectivity index (χ1n) is 12.5. The number of alkyl halides is 2. The number of nitrogens with two attached hydrogens (primary N) is 2. The molecule has 39 heavy (non-hydrogen) atoms. The third-order valence-electron chi connectivity index (χ3n) is 7.59. The molecule has 9 nitrogen and oxygen atoms in total. The standard InChI is InChI=1S/C27H28F3N7O2/c1-3-4-21(38)35-8-7-27(15-35)10-18(11-27)37-24(31)22(25(32)39)23(34-37)17-12-33-36(14-17)13-16-5-6-20(28)19(9-16)26(2,29)30/h5-6,9,12,14,18H,7-8,10-11,13,15,31H2,1-2H3,(H2,32,39). The topological polar surface area (TPSA) is 125 Å². The van der Waals surface area contributed by atoms with Crippen molar-refractivity contribution in [3.05, 3.63) is 53.1 Å². The van der Waals surface area contributed by atoms with Gasteiger partial charge < -0.3 is 16.4 Å².